The fraction of sp³-hybridized carbons (Fsp3) is 0.593. The van der Waals surface area contributed by atoms with Crippen LogP contribution in [0.2, 0.25) is 0 Å². The van der Waals surface area contributed by atoms with Crippen LogP contribution >= 0.6 is 0 Å². The zero-order chi connectivity index (χ0) is 20.7. The highest BCUT2D eigenvalue weighted by Crippen LogP contribution is 2.48. The SMILES string of the molecule is CCC(CC)NC(=O)C1=CC2(CCN(C[C@H]3CC4C=CC3C4)CC2)c2ccccc21. The van der Waals surface area contributed by atoms with E-state index in [4.69, 9.17) is 0 Å². The van der Waals surface area contributed by atoms with Gasteiger partial charge >= 0.3 is 0 Å². The van der Waals surface area contributed by atoms with Crippen molar-refractivity contribution in [2.75, 3.05) is 19.6 Å². The van der Waals surface area contributed by atoms with E-state index in [-0.39, 0.29) is 17.4 Å². The molecule has 4 aliphatic rings. The molecule has 2 fully saturated rings. The predicted molar refractivity (Wildman–Crippen MR) is 123 cm³/mol. The van der Waals surface area contributed by atoms with Crippen molar-refractivity contribution >= 4 is 11.5 Å². The first-order valence-corrected chi connectivity index (χ1v) is 12.2. The zero-order valence-electron chi connectivity index (χ0n) is 18.6. The molecule has 30 heavy (non-hydrogen) atoms. The third kappa shape index (κ3) is 3.45. The minimum atomic E-state index is 0.0439. The van der Waals surface area contributed by atoms with E-state index in [1.165, 1.54) is 24.9 Å². The maximum atomic E-state index is 13.1. The molecule has 1 aliphatic heterocycles. The largest absolute Gasteiger partial charge is 0.349 e. The van der Waals surface area contributed by atoms with Crippen LogP contribution in [0.5, 0.6) is 0 Å². The molecule has 5 rings (SSSR count). The highest BCUT2D eigenvalue weighted by atomic mass is 16.1. The zero-order valence-corrected chi connectivity index (χ0v) is 18.6. The Morgan fingerprint density at radius 1 is 1.13 bits per heavy atom. The summed E-state index contributed by atoms with van der Waals surface area (Å²) in [5.74, 6) is 2.67. The van der Waals surface area contributed by atoms with Crippen molar-refractivity contribution in [1.82, 2.24) is 10.2 Å². The normalized spacial score (nSPS) is 28.9. The lowest BCUT2D eigenvalue weighted by Crippen LogP contribution is -2.43. The number of amides is 1. The molecule has 1 N–H and O–H groups in total. The molecule has 1 amide bonds. The van der Waals surface area contributed by atoms with Crippen molar-refractivity contribution in [2.24, 2.45) is 17.8 Å². The molecule has 1 aromatic rings. The van der Waals surface area contributed by atoms with Gasteiger partial charge in [0.2, 0.25) is 0 Å². The summed E-state index contributed by atoms with van der Waals surface area (Å²) in [7, 11) is 0. The number of carbonyl (C=O) groups excluding carboxylic acids is 1. The van der Waals surface area contributed by atoms with Crippen LogP contribution in [0, 0.1) is 17.8 Å². The number of likely N-dealkylation sites (tertiary alicyclic amines) is 1. The van der Waals surface area contributed by atoms with E-state index in [0.29, 0.717) is 0 Å². The minimum absolute atomic E-state index is 0.0439. The first-order chi connectivity index (χ1) is 14.6. The van der Waals surface area contributed by atoms with E-state index in [2.05, 4.69) is 66.6 Å². The summed E-state index contributed by atoms with van der Waals surface area (Å²) in [6.07, 6.45) is 14.3. The molecule has 160 valence electrons. The van der Waals surface area contributed by atoms with Crippen molar-refractivity contribution in [1.29, 1.82) is 0 Å². The predicted octanol–water partition coefficient (Wildman–Crippen LogP) is 4.93. The van der Waals surface area contributed by atoms with Gasteiger partial charge in [-0.25, -0.2) is 0 Å². The third-order valence-corrected chi connectivity index (χ3v) is 8.40. The Balaban J connectivity index is 1.31. The molecule has 2 unspecified atom stereocenters. The molecular weight excluding hydrogens is 368 g/mol. The molecule has 1 spiro atoms. The van der Waals surface area contributed by atoms with E-state index in [1.54, 1.807) is 0 Å². The van der Waals surface area contributed by atoms with Gasteiger partial charge in [-0.2, -0.15) is 0 Å². The van der Waals surface area contributed by atoms with Crippen molar-refractivity contribution in [3.05, 3.63) is 53.6 Å². The first-order valence-electron chi connectivity index (χ1n) is 12.2. The number of hydrogen-bond donors (Lipinski definition) is 1. The van der Waals surface area contributed by atoms with E-state index in [9.17, 15) is 4.79 Å². The van der Waals surface area contributed by atoms with Crippen LogP contribution in [-0.4, -0.2) is 36.5 Å². The Morgan fingerprint density at radius 3 is 2.57 bits per heavy atom. The van der Waals surface area contributed by atoms with Crippen molar-refractivity contribution in [2.45, 2.75) is 63.8 Å². The molecule has 1 saturated carbocycles. The summed E-state index contributed by atoms with van der Waals surface area (Å²) in [5.41, 5.74) is 3.49. The number of piperidine rings is 1. The van der Waals surface area contributed by atoms with Crippen molar-refractivity contribution in [3.8, 4) is 0 Å². The van der Waals surface area contributed by atoms with Gasteiger partial charge in [0.25, 0.3) is 5.91 Å². The molecule has 0 radical (unpaired) electrons. The molecule has 1 saturated heterocycles. The quantitative estimate of drug-likeness (QED) is 0.682. The lowest BCUT2D eigenvalue weighted by molar-refractivity contribution is -0.116. The highest BCUT2D eigenvalue weighted by Gasteiger charge is 2.43. The van der Waals surface area contributed by atoms with E-state index in [0.717, 1.165) is 67.7 Å². The van der Waals surface area contributed by atoms with Crippen LogP contribution in [0.3, 0.4) is 0 Å². The minimum Gasteiger partial charge on any atom is -0.349 e. The summed E-state index contributed by atoms with van der Waals surface area (Å²) in [6, 6.07) is 8.90. The van der Waals surface area contributed by atoms with Crippen molar-refractivity contribution in [3.63, 3.8) is 0 Å². The smallest absolute Gasteiger partial charge is 0.251 e. The Kier molecular flexibility index (Phi) is 5.35. The monoisotopic (exact) mass is 404 g/mol. The topological polar surface area (TPSA) is 32.3 Å². The number of fused-ring (bicyclic) bond motifs is 4. The van der Waals surface area contributed by atoms with Crippen molar-refractivity contribution < 1.29 is 4.79 Å². The molecule has 2 bridgehead atoms. The number of allylic oxidation sites excluding steroid dienone is 3. The highest BCUT2D eigenvalue weighted by molar-refractivity contribution is 6.21. The summed E-state index contributed by atoms with van der Waals surface area (Å²) in [6.45, 7) is 7.84. The number of nitrogens with one attached hydrogen (secondary N) is 1. The molecule has 3 aliphatic carbocycles. The van der Waals surface area contributed by atoms with E-state index < -0.39 is 0 Å². The molecule has 1 aromatic carbocycles. The number of carbonyl (C=O) groups is 1. The number of benzene rings is 1. The van der Waals surface area contributed by atoms with E-state index >= 15 is 0 Å². The van der Waals surface area contributed by atoms with Gasteiger partial charge in [0.15, 0.2) is 0 Å². The van der Waals surface area contributed by atoms with Gasteiger partial charge in [0.05, 0.1) is 0 Å². The Bertz CT molecular complexity index is 857. The average Bonchev–Trinajstić information content (AvgIpc) is 3.48. The Hall–Kier alpha value is -1.87. The maximum absolute atomic E-state index is 13.1. The number of rotatable bonds is 6. The van der Waals surface area contributed by atoms with Crippen LogP contribution in [0.4, 0.5) is 0 Å². The van der Waals surface area contributed by atoms with Crippen LogP contribution < -0.4 is 5.32 Å². The molecular formula is C27H36N2O. The Labute approximate surface area is 181 Å². The average molecular weight is 405 g/mol. The van der Waals surface area contributed by atoms with Crippen LogP contribution in [0.1, 0.15) is 63.5 Å². The lowest BCUT2D eigenvalue weighted by atomic mass is 9.74. The molecule has 1 heterocycles. The molecule has 3 atom stereocenters. The standard InChI is InChI=1S/C27H36N2O/c1-3-22(4-2)28-26(30)24-17-27(25-8-6-5-7-23(24)25)11-13-29(14-12-27)18-21-16-19-9-10-20(21)15-19/h5-10,17,19-22H,3-4,11-16,18H2,1-2H3,(H,28,30)/t19?,20?,21-/m1/s1. The van der Waals surface area contributed by atoms with Crippen LogP contribution in [0.25, 0.3) is 5.57 Å². The summed E-state index contributed by atoms with van der Waals surface area (Å²) in [5, 5.41) is 3.27. The van der Waals surface area contributed by atoms with Gasteiger partial charge < -0.3 is 10.2 Å². The second-order valence-corrected chi connectivity index (χ2v) is 10.1. The van der Waals surface area contributed by atoms with Crippen LogP contribution in [-0.2, 0) is 10.2 Å². The number of hydrogen-bond acceptors (Lipinski definition) is 2. The fourth-order valence-electron chi connectivity index (χ4n) is 6.51. The van der Waals surface area contributed by atoms with E-state index in [1.807, 2.05) is 0 Å². The van der Waals surface area contributed by atoms with Gasteiger partial charge in [-0.15, -0.1) is 0 Å². The number of nitrogens with zero attached hydrogens (tertiary/aromatic N) is 1. The van der Waals surface area contributed by atoms with Gasteiger partial charge in [-0.3, -0.25) is 4.79 Å². The van der Waals surface area contributed by atoms with Crippen LogP contribution in [0.15, 0.2) is 42.5 Å². The summed E-state index contributed by atoms with van der Waals surface area (Å²) in [4.78, 5) is 15.8. The van der Waals surface area contributed by atoms with Gasteiger partial charge in [-0.1, -0.05) is 56.3 Å². The fourth-order valence-corrected chi connectivity index (χ4v) is 6.51. The Morgan fingerprint density at radius 2 is 1.90 bits per heavy atom. The van der Waals surface area contributed by atoms with Gasteiger partial charge in [-0.05, 0) is 80.5 Å². The lowest BCUT2D eigenvalue weighted by Gasteiger charge is -2.40. The molecule has 3 heteroatoms. The third-order valence-electron chi connectivity index (χ3n) is 8.40. The summed E-state index contributed by atoms with van der Waals surface area (Å²) >= 11 is 0. The van der Waals surface area contributed by atoms with Gasteiger partial charge in [0, 0.05) is 23.6 Å². The first kappa shape index (κ1) is 20.1. The maximum Gasteiger partial charge on any atom is 0.251 e. The molecule has 0 aromatic heterocycles. The molecule has 3 nitrogen and oxygen atoms in total. The second-order valence-electron chi connectivity index (χ2n) is 10.1. The summed E-state index contributed by atoms with van der Waals surface area (Å²) < 4.78 is 0. The second kappa shape index (κ2) is 8.00. The van der Waals surface area contributed by atoms with Gasteiger partial charge in [0.1, 0.15) is 0 Å².